The highest BCUT2D eigenvalue weighted by Crippen LogP contribution is 2.22. The average molecular weight is 252 g/mol. The SMILES string of the molecule is CC(C)(C)OC(=O)N1CCC(n2ccnn2)CC1. The monoisotopic (exact) mass is 252 g/mol. The lowest BCUT2D eigenvalue weighted by Crippen LogP contribution is -2.42. The number of carbonyl (C=O) groups is 1. The topological polar surface area (TPSA) is 60.2 Å². The molecule has 1 aromatic heterocycles. The fourth-order valence-electron chi connectivity index (χ4n) is 2.05. The molecule has 0 unspecified atom stereocenters. The standard InChI is InChI=1S/C12H20N4O2/c1-12(2,3)18-11(17)15-7-4-10(5-8-15)16-9-6-13-14-16/h6,9-10H,4-5,7-8H2,1-3H3. The fraction of sp³-hybridized carbons (Fsp3) is 0.750. The second kappa shape index (κ2) is 4.96. The number of hydrogen-bond acceptors (Lipinski definition) is 4. The molecule has 1 saturated heterocycles. The highest BCUT2D eigenvalue weighted by molar-refractivity contribution is 5.68. The molecule has 0 saturated carbocycles. The quantitative estimate of drug-likeness (QED) is 0.765. The Morgan fingerprint density at radius 1 is 1.33 bits per heavy atom. The van der Waals surface area contributed by atoms with E-state index >= 15 is 0 Å². The first-order valence-electron chi connectivity index (χ1n) is 6.29. The van der Waals surface area contributed by atoms with Crippen LogP contribution in [-0.2, 0) is 4.74 Å². The molecular weight excluding hydrogens is 232 g/mol. The summed E-state index contributed by atoms with van der Waals surface area (Å²) < 4.78 is 7.22. The maximum Gasteiger partial charge on any atom is 0.410 e. The van der Waals surface area contributed by atoms with Crippen molar-refractivity contribution >= 4 is 6.09 Å². The van der Waals surface area contributed by atoms with Crippen molar-refractivity contribution in [2.24, 2.45) is 0 Å². The van der Waals surface area contributed by atoms with E-state index in [1.807, 2.05) is 31.6 Å². The molecule has 2 heterocycles. The summed E-state index contributed by atoms with van der Waals surface area (Å²) in [6, 6.07) is 0.339. The van der Waals surface area contributed by atoms with Crippen LogP contribution in [0.4, 0.5) is 4.79 Å². The molecular formula is C12H20N4O2. The smallest absolute Gasteiger partial charge is 0.410 e. The summed E-state index contributed by atoms with van der Waals surface area (Å²) in [5.74, 6) is 0. The van der Waals surface area contributed by atoms with Crippen LogP contribution in [0, 0.1) is 0 Å². The Kier molecular flexibility index (Phi) is 3.54. The Morgan fingerprint density at radius 2 is 2.00 bits per heavy atom. The molecule has 6 heteroatoms. The fourth-order valence-corrected chi connectivity index (χ4v) is 2.05. The van der Waals surface area contributed by atoms with Gasteiger partial charge in [0, 0.05) is 19.3 Å². The van der Waals surface area contributed by atoms with Crippen LogP contribution in [0.3, 0.4) is 0 Å². The zero-order valence-corrected chi connectivity index (χ0v) is 11.2. The van der Waals surface area contributed by atoms with Gasteiger partial charge in [0.1, 0.15) is 5.60 Å². The molecule has 2 rings (SSSR count). The van der Waals surface area contributed by atoms with Gasteiger partial charge in [-0.3, -0.25) is 0 Å². The van der Waals surface area contributed by atoms with Crippen LogP contribution in [0.5, 0.6) is 0 Å². The number of aromatic nitrogens is 3. The second-order valence-corrected chi connectivity index (χ2v) is 5.58. The van der Waals surface area contributed by atoms with Gasteiger partial charge in [0.25, 0.3) is 0 Å². The molecule has 0 N–H and O–H groups in total. The van der Waals surface area contributed by atoms with Crippen LogP contribution in [0.25, 0.3) is 0 Å². The van der Waals surface area contributed by atoms with E-state index in [4.69, 9.17) is 4.74 Å². The van der Waals surface area contributed by atoms with Crippen LogP contribution in [-0.4, -0.2) is 44.7 Å². The summed E-state index contributed by atoms with van der Waals surface area (Å²) in [4.78, 5) is 13.6. The largest absolute Gasteiger partial charge is 0.444 e. The van der Waals surface area contributed by atoms with Crippen molar-refractivity contribution in [1.82, 2.24) is 19.9 Å². The number of amides is 1. The Balaban J connectivity index is 1.85. The first kappa shape index (κ1) is 12.9. The molecule has 1 aromatic rings. The van der Waals surface area contributed by atoms with Crippen LogP contribution in [0.15, 0.2) is 12.4 Å². The van der Waals surface area contributed by atoms with Crippen LogP contribution >= 0.6 is 0 Å². The van der Waals surface area contributed by atoms with E-state index in [-0.39, 0.29) is 6.09 Å². The van der Waals surface area contributed by atoms with Crippen molar-refractivity contribution in [2.45, 2.75) is 45.3 Å². The highest BCUT2D eigenvalue weighted by atomic mass is 16.6. The molecule has 1 aliphatic heterocycles. The molecule has 0 spiro atoms. The molecule has 0 radical (unpaired) electrons. The third kappa shape index (κ3) is 3.21. The van der Waals surface area contributed by atoms with Gasteiger partial charge in [-0.25, -0.2) is 9.48 Å². The lowest BCUT2D eigenvalue weighted by molar-refractivity contribution is 0.0184. The first-order valence-corrected chi connectivity index (χ1v) is 6.29. The summed E-state index contributed by atoms with van der Waals surface area (Å²) in [6.07, 6.45) is 5.11. The van der Waals surface area contributed by atoms with E-state index in [0.29, 0.717) is 19.1 Å². The van der Waals surface area contributed by atoms with Gasteiger partial charge in [0.2, 0.25) is 0 Å². The van der Waals surface area contributed by atoms with Gasteiger partial charge in [-0.05, 0) is 33.6 Å². The van der Waals surface area contributed by atoms with Crippen LogP contribution in [0.2, 0.25) is 0 Å². The maximum absolute atomic E-state index is 11.9. The molecule has 1 amide bonds. The number of hydrogen-bond donors (Lipinski definition) is 0. The predicted octanol–water partition coefficient (Wildman–Crippen LogP) is 1.85. The minimum absolute atomic E-state index is 0.223. The van der Waals surface area contributed by atoms with Crippen molar-refractivity contribution < 1.29 is 9.53 Å². The molecule has 0 aliphatic carbocycles. The van der Waals surface area contributed by atoms with Gasteiger partial charge in [-0.15, -0.1) is 5.10 Å². The molecule has 0 aromatic carbocycles. The minimum Gasteiger partial charge on any atom is -0.444 e. The maximum atomic E-state index is 11.9. The van der Waals surface area contributed by atoms with Crippen LogP contribution < -0.4 is 0 Å². The Morgan fingerprint density at radius 3 is 2.50 bits per heavy atom. The van der Waals surface area contributed by atoms with Crippen LogP contribution in [0.1, 0.15) is 39.7 Å². The molecule has 1 aliphatic rings. The summed E-state index contributed by atoms with van der Waals surface area (Å²) in [5, 5.41) is 7.81. The third-order valence-corrected chi connectivity index (χ3v) is 2.93. The van der Waals surface area contributed by atoms with E-state index in [0.717, 1.165) is 12.8 Å². The number of likely N-dealkylation sites (tertiary alicyclic amines) is 1. The van der Waals surface area contributed by atoms with E-state index in [9.17, 15) is 4.79 Å². The zero-order chi connectivity index (χ0) is 13.2. The molecule has 0 atom stereocenters. The minimum atomic E-state index is -0.431. The lowest BCUT2D eigenvalue weighted by atomic mass is 10.1. The Hall–Kier alpha value is -1.59. The van der Waals surface area contributed by atoms with E-state index in [1.165, 1.54) is 0 Å². The van der Waals surface area contributed by atoms with Gasteiger partial charge < -0.3 is 9.64 Å². The number of ether oxygens (including phenoxy) is 1. The number of rotatable bonds is 1. The lowest BCUT2D eigenvalue weighted by Gasteiger charge is -2.33. The highest BCUT2D eigenvalue weighted by Gasteiger charge is 2.27. The number of carbonyl (C=O) groups excluding carboxylic acids is 1. The molecule has 6 nitrogen and oxygen atoms in total. The van der Waals surface area contributed by atoms with Crippen molar-refractivity contribution in [1.29, 1.82) is 0 Å². The van der Waals surface area contributed by atoms with Crippen molar-refractivity contribution in [3.05, 3.63) is 12.4 Å². The van der Waals surface area contributed by atoms with Gasteiger partial charge in [-0.1, -0.05) is 5.21 Å². The van der Waals surface area contributed by atoms with E-state index in [2.05, 4.69) is 10.3 Å². The first-order chi connectivity index (χ1) is 8.46. The summed E-state index contributed by atoms with van der Waals surface area (Å²) in [7, 11) is 0. The van der Waals surface area contributed by atoms with E-state index in [1.54, 1.807) is 11.1 Å². The second-order valence-electron chi connectivity index (χ2n) is 5.58. The molecule has 1 fully saturated rings. The normalized spacial score (nSPS) is 17.8. The predicted molar refractivity (Wildman–Crippen MR) is 66.1 cm³/mol. The Bertz CT molecular complexity index is 389. The summed E-state index contributed by atoms with van der Waals surface area (Å²) in [6.45, 7) is 7.06. The van der Waals surface area contributed by atoms with Crippen molar-refractivity contribution in [3.63, 3.8) is 0 Å². The molecule has 100 valence electrons. The number of nitrogens with zero attached hydrogens (tertiary/aromatic N) is 4. The average Bonchev–Trinajstić information content (AvgIpc) is 2.80. The van der Waals surface area contributed by atoms with E-state index < -0.39 is 5.60 Å². The van der Waals surface area contributed by atoms with Gasteiger partial charge >= 0.3 is 6.09 Å². The van der Waals surface area contributed by atoms with Gasteiger partial charge in [0.15, 0.2) is 0 Å². The third-order valence-electron chi connectivity index (χ3n) is 2.93. The van der Waals surface area contributed by atoms with Gasteiger partial charge in [0.05, 0.1) is 12.2 Å². The number of piperidine rings is 1. The Labute approximate surface area is 107 Å². The van der Waals surface area contributed by atoms with Crippen molar-refractivity contribution in [3.8, 4) is 0 Å². The molecule has 18 heavy (non-hydrogen) atoms. The molecule has 0 bridgehead atoms. The zero-order valence-electron chi connectivity index (χ0n) is 11.2. The summed E-state index contributed by atoms with van der Waals surface area (Å²) >= 11 is 0. The summed E-state index contributed by atoms with van der Waals surface area (Å²) in [5.41, 5.74) is -0.431. The van der Waals surface area contributed by atoms with Crippen molar-refractivity contribution in [2.75, 3.05) is 13.1 Å². The van der Waals surface area contributed by atoms with Gasteiger partial charge in [-0.2, -0.15) is 0 Å².